The topological polar surface area (TPSA) is 64.6 Å². The smallest absolute Gasteiger partial charge is 0.220 e. The second-order valence-corrected chi connectivity index (χ2v) is 8.20. The molecule has 0 aromatic carbocycles. The summed E-state index contributed by atoms with van der Waals surface area (Å²) in [7, 11) is 0. The molecule has 1 amide bonds. The van der Waals surface area contributed by atoms with Gasteiger partial charge < -0.3 is 14.8 Å². The first-order valence-electron chi connectivity index (χ1n) is 11.7. The fourth-order valence-electron chi connectivity index (χ4n) is 3.06. The average Bonchev–Trinajstić information content (AvgIpc) is 2.73. The Balaban J connectivity index is 3.18. The number of amides is 1. The lowest BCUT2D eigenvalue weighted by molar-refractivity contribution is -0.121. The third kappa shape index (κ3) is 23.7. The van der Waals surface area contributed by atoms with E-state index in [1.165, 1.54) is 57.8 Å². The highest BCUT2D eigenvalue weighted by Gasteiger charge is 2.01. The normalized spacial score (nSPS) is 11.0. The van der Waals surface area contributed by atoms with Crippen LogP contribution in [-0.2, 0) is 19.1 Å². The summed E-state index contributed by atoms with van der Waals surface area (Å²) in [6.07, 6.45) is 16.2. The van der Waals surface area contributed by atoms with Gasteiger partial charge in [-0.2, -0.15) is 0 Å². The number of alkyl halides is 1. The predicted octanol–water partition coefficient (Wildman–Crippen LogP) is 5.58. The van der Waals surface area contributed by atoms with Crippen LogP contribution in [0.4, 0.5) is 0 Å². The Morgan fingerprint density at radius 1 is 0.690 bits per heavy atom. The van der Waals surface area contributed by atoms with Crippen LogP contribution in [0.3, 0.4) is 0 Å². The van der Waals surface area contributed by atoms with Gasteiger partial charge in [0.2, 0.25) is 5.91 Å². The molecule has 0 rings (SSSR count). The van der Waals surface area contributed by atoms with Crippen LogP contribution in [0, 0.1) is 0 Å². The molecule has 0 aliphatic heterocycles. The molecule has 5 nitrogen and oxygen atoms in total. The van der Waals surface area contributed by atoms with Crippen molar-refractivity contribution < 1.29 is 19.1 Å². The summed E-state index contributed by atoms with van der Waals surface area (Å²) >= 11 is 3.14. The summed E-state index contributed by atoms with van der Waals surface area (Å²) in [6, 6.07) is 0. The highest BCUT2D eigenvalue weighted by molar-refractivity contribution is 9.09. The van der Waals surface area contributed by atoms with Gasteiger partial charge >= 0.3 is 0 Å². The number of unbranched alkanes of at least 4 members (excludes halogenated alkanes) is 10. The predicted molar refractivity (Wildman–Crippen MR) is 124 cm³/mol. The van der Waals surface area contributed by atoms with Crippen molar-refractivity contribution in [3.8, 4) is 0 Å². The average molecular weight is 479 g/mol. The molecule has 0 saturated heterocycles. The van der Waals surface area contributed by atoms with Crippen molar-refractivity contribution in [3.05, 3.63) is 0 Å². The number of ether oxygens (including phenoxy) is 2. The Bertz CT molecular complexity index is 380. The van der Waals surface area contributed by atoms with Gasteiger partial charge in [-0.25, -0.2) is 0 Å². The van der Waals surface area contributed by atoms with Crippen LogP contribution in [0.1, 0.15) is 96.8 Å². The minimum absolute atomic E-state index is 0.122. The van der Waals surface area contributed by atoms with E-state index >= 15 is 0 Å². The number of nitrogens with one attached hydrogen (secondary N) is 1. The van der Waals surface area contributed by atoms with Gasteiger partial charge in [0.05, 0.1) is 25.2 Å². The van der Waals surface area contributed by atoms with Crippen LogP contribution in [0.15, 0.2) is 0 Å². The Hall–Kier alpha value is -0.460. The first-order valence-corrected chi connectivity index (χ1v) is 12.8. The van der Waals surface area contributed by atoms with E-state index in [1.807, 2.05) is 0 Å². The van der Waals surface area contributed by atoms with Crippen molar-refractivity contribution >= 4 is 27.6 Å². The number of hydrogen-bond acceptors (Lipinski definition) is 4. The van der Waals surface area contributed by atoms with Crippen LogP contribution >= 0.6 is 15.9 Å². The fourth-order valence-corrected chi connectivity index (χ4v) is 3.34. The van der Waals surface area contributed by atoms with E-state index in [9.17, 15) is 9.59 Å². The fraction of sp³-hybridized carbons (Fsp3) is 0.913. The van der Waals surface area contributed by atoms with Crippen LogP contribution in [0.5, 0.6) is 0 Å². The Labute approximate surface area is 187 Å². The third-order valence-corrected chi connectivity index (χ3v) is 5.47. The van der Waals surface area contributed by atoms with E-state index < -0.39 is 0 Å². The first-order chi connectivity index (χ1) is 14.2. The lowest BCUT2D eigenvalue weighted by Gasteiger charge is -2.07. The highest BCUT2D eigenvalue weighted by atomic mass is 79.9. The van der Waals surface area contributed by atoms with Crippen molar-refractivity contribution in [1.29, 1.82) is 0 Å². The van der Waals surface area contributed by atoms with Gasteiger partial charge in [0.15, 0.2) is 0 Å². The monoisotopic (exact) mass is 477 g/mol. The van der Waals surface area contributed by atoms with Crippen LogP contribution in [0.2, 0.25) is 0 Å². The summed E-state index contributed by atoms with van der Waals surface area (Å²) in [4.78, 5) is 22.9. The third-order valence-electron chi connectivity index (χ3n) is 4.84. The summed E-state index contributed by atoms with van der Waals surface area (Å²) in [5.74, 6) is 0.325. The molecule has 0 spiro atoms. The van der Waals surface area contributed by atoms with Crippen molar-refractivity contribution in [2.45, 2.75) is 96.8 Å². The second-order valence-electron chi connectivity index (χ2n) is 7.64. The maximum absolute atomic E-state index is 11.8. The minimum Gasteiger partial charge on any atom is -0.379 e. The molecular weight excluding hydrogens is 434 g/mol. The molecule has 0 bridgehead atoms. The summed E-state index contributed by atoms with van der Waals surface area (Å²) in [6.45, 7) is 4.94. The van der Waals surface area contributed by atoms with Gasteiger partial charge in [-0.05, 0) is 12.8 Å². The zero-order chi connectivity index (χ0) is 21.4. The Morgan fingerprint density at radius 2 is 1.24 bits per heavy atom. The standard InChI is InChI=1S/C23H44BrNO4/c1-2-3-4-5-6-7-8-9-10-11-12-15-23(27)25-16-18-29-20-19-28-17-13-14-22(26)21-24/h2-21H2,1H3,(H,25,27). The van der Waals surface area contributed by atoms with E-state index in [-0.39, 0.29) is 11.7 Å². The molecule has 0 fully saturated rings. The molecule has 0 unspecified atom stereocenters. The zero-order valence-electron chi connectivity index (χ0n) is 18.7. The van der Waals surface area contributed by atoms with E-state index in [0.717, 1.165) is 19.3 Å². The van der Waals surface area contributed by atoms with E-state index in [1.54, 1.807) is 0 Å². The first kappa shape index (κ1) is 28.5. The number of halogens is 1. The van der Waals surface area contributed by atoms with E-state index in [4.69, 9.17) is 9.47 Å². The van der Waals surface area contributed by atoms with Crippen LogP contribution < -0.4 is 5.32 Å². The van der Waals surface area contributed by atoms with Crippen molar-refractivity contribution in [2.24, 2.45) is 0 Å². The van der Waals surface area contributed by atoms with E-state index in [2.05, 4.69) is 28.2 Å². The highest BCUT2D eigenvalue weighted by Crippen LogP contribution is 2.11. The van der Waals surface area contributed by atoms with E-state index in [0.29, 0.717) is 51.1 Å². The van der Waals surface area contributed by atoms with Crippen molar-refractivity contribution in [1.82, 2.24) is 5.32 Å². The number of carbonyl (C=O) groups is 2. The molecule has 0 aromatic heterocycles. The molecule has 0 aromatic rings. The summed E-state index contributed by atoms with van der Waals surface area (Å²) in [5, 5.41) is 3.32. The number of Topliss-reactive ketones (excluding diaryl/α,β-unsaturated/α-hetero) is 1. The molecule has 29 heavy (non-hydrogen) atoms. The maximum atomic E-state index is 11.8. The quantitative estimate of drug-likeness (QED) is 0.154. The Kier molecular flexibility index (Phi) is 23.4. The van der Waals surface area contributed by atoms with Crippen molar-refractivity contribution in [2.75, 3.05) is 38.3 Å². The molecule has 6 heteroatoms. The van der Waals surface area contributed by atoms with Gasteiger partial charge in [0.25, 0.3) is 0 Å². The molecule has 1 N–H and O–H groups in total. The second kappa shape index (κ2) is 23.8. The zero-order valence-corrected chi connectivity index (χ0v) is 20.2. The Morgan fingerprint density at radius 3 is 1.83 bits per heavy atom. The van der Waals surface area contributed by atoms with Gasteiger partial charge in [0, 0.05) is 26.0 Å². The van der Waals surface area contributed by atoms with Crippen LogP contribution in [-0.4, -0.2) is 50.0 Å². The van der Waals surface area contributed by atoms with Gasteiger partial charge in [-0.15, -0.1) is 0 Å². The van der Waals surface area contributed by atoms with Crippen LogP contribution in [0.25, 0.3) is 0 Å². The lowest BCUT2D eigenvalue weighted by Crippen LogP contribution is -2.27. The molecule has 0 saturated carbocycles. The number of carbonyl (C=O) groups excluding carboxylic acids is 2. The molecule has 0 heterocycles. The number of hydrogen-bond donors (Lipinski definition) is 1. The molecule has 0 aliphatic rings. The minimum atomic E-state index is 0.122. The lowest BCUT2D eigenvalue weighted by atomic mass is 10.1. The number of rotatable bonds is 23. The summed E-state index contributed by atoms with van der Waals surface area (Å²) < 4.78 is 10.8. The maximum Gasteiger partial charge on any atom is 0.220 e. The van der Waals surface area contributed by atoms with Crippen molar-refractivity contribution in [3.63, 3.8) is 0 Å². The molecule has 0 atom stereocenters. The molecular formula is C23H44BrNO4. The molecule has 0 aliphatic carbocycles. The largest absolute Gasteiger partial charge is 0.379 e. The number of ketones is 1. The molecule has 0 radical (unpaired) electrons. The van der Waals surface area contributed by atoms with Gasteiger partial charge in [-0.1, -0.05) is 87.1 Å². The van der Waals surface area contributed by atoms with Gasteiger partial charge in [-0.3, -0.25) is 9.59 Å². The molecule has 172 valence electrons. The van der Waals surface area contributed by atoms with Gasteiger partial charge in [0.1, 0.15) is 5.78 Å². The summed E-state index contributed by atoms with van der Waals surface area (Å²) in [5.41, 5.74) is 0. The SMILES string of the molecule is CCCCCCCCCCCCCC(=O)NCCOCCOCCCC(=O)CBr.